The number of hydrogen-bond acceptors (Lipinski definition) is 4. The lowest BCUT2D eigenvalue weighted by Gasteiger charge is -2.32. The van der Waals surface area contributed by atoms with E-state index < -0.39 is 12.0 Å². The molecule has 2 fully saturated rings. The van der Waals surface area contributed by atoms with Crippen LogP contribution in [0.5, 0.6) is 0 Å². The number of hydrogen-bond donors (Lipinski definition) is 2. The summed E-state index contributed by atoms with van der Waals surface area (Å²) in [6, 6.07) is -0.644. The number of aliphatic carboxylic acids is 1. The fraction of sp³-hybridized carbons (Fsp3) is 0.833. The van der Waals surface area contributed by atoms with Crippen molar-refractivity contribution in [1.29, 1.82) is 0 Å². The smallest absolute Gasteiger partial charge is 0.327 e. The van der Waals surface area contributed by atoms with E-state index in [9.17, 15) is 14.7 Å². The average Bonchev–Trinajstić information content (AvgIpc) is 2.82. The number of amides is 1. The van der Waals surface area contributed by atoms with Gasteiger partial charge in [-0.05, 0) is 25.8 Å². The van der Waals surface area contributed by atoms with Crippen molar-refractivity contribution < 1.29 is 14.7 Å². The Morgan fingerprint density at radius 3 is 2.83 bits per heavy atom. The first-order valence-corrected chi connectivity index (χ1v) is 7.57. The quantitative estimate of drug-likeness (QED) is 0.793. The Morgan fingerprint density at radius 1 is 1.50 bits per heavy atom. The van der Waals surface area contributed by atoms with Crippen LogP contribution in [-0.2, 0) is 9.59 Å². The number of piperidine rings is 1. The minimum atomic E-state index is -0.879. The number of nitrogens with zero attached hydrogens (tertiary/aromatic N) is 1. The van der Waals surface area contributed by atoms with Gasteiger partial charge in [0, 0.05) is 12.3 Å². The summed E-state index contributed by atoms with van der Waals surface area (Å²) in [7, 11) is 0. The molecule has 0 aromatic carbocycles. The van der Waals surface area contributed by atoms with Gasteiger partial charge in [0.25, 0.3) is 0 Å². The summed E-state index contributed by atoms with van der Waals surface area (Å²) in [5, 5.41) is 12.5. The lowest BCUT2D eigenvalue weighted by molar-refractivity contribution is -0.151. The lowest BCUT2D eigenvalue weighted by atomic mass is 9.97. The molecule has 2 aliphatic heterocycles. The highest BCUT2D eigenvalue weighted by molar-refractivity contribution is 8.00. The summed E-state index contributed by atoms with van der Waals surface area (Å²) in [5.74, 6) is -0.393. The van der Waals surface area contributed by atoms with Crippen LogP contribution >= 0.6 is 11.8 Å². The molecular formula is C12H20N2O3S. The molecule has 6 heteroatoms. The number of carboxylic acid groups (broad SMARTS) is 1. The average molecular weight is 272 g/mol. The third-order valence-corrected chi connectivity index (χ3v) is 5.08. The lowest BCUT2D eigenvalue weighted by Crippen LogP contribution is -2.50. The van der Waals surface area contributed by atoms with Crippen molar-refractivity contribution in [2.45, 2.75) is 37.6 Å². The first-order valence-electron chi connectivity index (χ1n) is 6.52. The van der Waals surface area contributed by atoms with Gasteiger partial charge in [-0.3, -0.25) is 4.79 Å². The summed E-state index contributed by atoms with van der Waals surface area (Å²) in [6.07, 6.45) is 2.67. The highest BCUT2D eigenvalue weighted by atomic mass is 32.2. The van der Waals surface area contributed by atoms with Crippen LogP contribution in [0.15, 0.2) is 0 Å². The van der Waals surface area contributed by atoms with Crippen LogP contribution in [-0.4, -0.2) is 52.1 Å². The zero-order valence-corrected chi connectivity index (χ0v) is 11.4. The second kappa shape index (κ2) is 5.93. The topological polar surface area (TPSA) is 69.6 Å². The van der Waals surface area contributed by atoms with Crippen molar-refractivity contribution in [2.75, 3.05) is 18.8 Å². The molecule has 0 radical (unpaired) electrons. The Morgan fingerprint density at radius 2 is 2.28 bits per heavy atom. The molecule has 5 nitrogen and oxygen atoms in total. The summed E-state index contributed by atoms with van der Waals surface area (Å²) in [4.78, 5) is 25.3. The molecule has 2 aliphatic rings. The van der Waals surface area contributed by atoms with Crippen LogP contribution in [0.4, 0.5) is 0 Å². The molecule has 2 rings (SSSR count). The van der Waals surface area contributed by atoms with Gasteiger partial charge >= 0.3 is 5.97 Å². The molecule has 2 heterocycles. The Balaban J connectivity index is 2.10. The van der Waals surface area contributed by atoms with Crippen molar-refractivity contribution >= 4 is 23.6 Å². The zero-order chi connectivity index (χ0) is 13.1. The van der Waals surface area contributed by atoms with E-state index in [2.05, 4.69) is 5.32 Å². The predicted octanol–water partition coefficient (Wildman–Crippen LogP) is 0.751. The van der Waals surface area contributed by atoms with E-state index in [1.165, 1.54) is 0 Å². The first-order chi connectivity index (χ1) is 8.65. The van der Waals surface area contributed by atoms with Crippen molar-refractivity contribution in [1.82, 2.24) is 10.2 Å². The van der Waals surface area contributed by atoms with E-state index in [0.29, 0.717) is 12.3 Å². The van der Waals surface area contributed by atoms with Crippen LogP contribution in [0.3, 0.4) is 0 Å². The Hall–Kier alpha value is -0.750. The highest BCUT2D eigenvalue weighted by Crippen LogP contribution is 2.33. The van der Waals surface area contributed by atoms with Crippen molar-refractivity contribution in [3.63, 3.8) is 0 Å². The maximum absolute atomic E-state index is 12.5. The molecule has 0 saturated carbocycles. The van der Waals surface area contributed by atoms with Gasteiger partial charge in [-0.25, -0.2) is 4.79 Å². The molecular weight excluding hydrogens is 252 g/mol. The van der Waals surface area contributed by atoms with Crippen molar-refractivity contribution in [2.24, 2.45) is 5.92 Å². The van der Waals surface area contributed by atoms with Gasteiger partial charge in [0.15, 0.2) is 0 Å². The first kappa shape index (κ1) is 13.7. The molecule has 2 unspecified atom stereocenters. The third kappa shape index (κ3) is 2.64. The Labute approximate surface area is 111 Å². The van der Waals surface area contributed by atoms with E-state index in [4.69, 9.17) is 0 Å². The van der Waals surface area contributed by atoms with E-state index >= 15 is 0 Å². The Kier molecular flexibility index (Phi) is 4.50. The van der Waals surface area contributed by atoms with Gasteiger partial charge in [-0.15, -0.1) is 11.8 Å². The number of carbonyl (C=O) groups is 2. The molecule has 0 aliphatic carbocycles. The standard InChI is InChI=1S/C12H20N2O3S/c1-2-10-14(9(7-18-10)12(16)17)11(15)8-4-3-5-13-6-8/h8-10,13H,2-7H2,1H3,(H,16,17)/t8-,9?,10?/m0/s1. The van der Waals surface area contributed by atoms with E-state index in [0.717, 1.165) is 25.8 Å². The summed E-state index contributed by atoms with van der Waals surface area (Å²) in [6.45, 7) is 3.64. The minimum absolute atomic E-state index is 0.0199. The monoisotopic (exact) mass is 272 g/mol. The van der Waals surface area contributed by atoms with Gasteiger partial charge in [0.05, 0.1) is 11.3 Å². The van der Waals surface area contributed by atoms with E-state index in [1.807, 2.05) is 6.92 Å². The predicted molar refractivity (Wildman–Crippen MR) is 70.4 cm³/mol. The second-order valence-electron chi connectivity index (χ2n) is 4.84. The Bertz CT molecular complexity index is 331. The molecule has 2 N–H and O–H groups in total. The number of nitrogens with one attached hydrogen (secondary N) is 1. The van der Waals surface area contributed by atoms with Crippen LogP contribution < -0.4 is 5.32 Å². The van der Waals surface area contributed by atoms with Crippen LogP contribution in [0.25, 0.3) is 0 Å². The normalized spacial score (nSPS) is 32.5. The molecule has 3 atom stereocenters. The second-order valence-corrected chi connectivity index (χ2v) is 6.05. The molecule has 0 aromatic heterocycles. The fourth-order valence-corrected chi connectivity index (χ4v) is 3.99. The number of carbonyl (C=O) groups excluding carboxylic acids is 1. The zero-order valence-electron chi connectivity index (χ0n) is 10.6. The number of rotatable bonds is 3. The maximum atomic E-state index is 12.5. The molecule has 2 saturated heterocycles. The largest absolute Gasteiger partial charge is 0.480 e. The fourth-order valence-electron chi connectivity index (χ4n) is 2.64. The summed E-state index contributed by atoms with van der Waals surface area (Å²) >= 11 is 1.58. The molecule has 0 aromatic rings. The number of thioether (sulfide) groups is 1. The van der Waals surface area contributed by atoms with Gasteiger partial charge in [-0.1, -0.05) is 6.92 Å². The van der Waals surface area contributed by atoms with Crippen LogP contribution in [0, 0.1) is 5.92 Å². The van der Waals surface area contributed by atoms with Crippen molar-refractivity contribution in [3.05, 3.63) is 0 Å². The maximum Gasteiger partial charge on any atom is 0.327 e. The third-order valence-electron chi connectivity index (χ3n) is 3.63. The van der Waals surface area contributed by atoms with E-state index in [1.54, 1.807) is 16.7 Å². The van der Waals surface area contributed by atoms with Gasteiger partial charge in [-0.2, -0.15) is 0 Å². The molecule has 18 heavy (non-hydrogen) atoms. The van der Waals surface area contributed by atoms with Crippen LogP contribution in [0.1, 0.15) is 26.2 Å². The molecule has 0 bridgehead atoms. The SMILES string of the molecule is CCC1SCC(C(=O)O)N1C(=O)[C@H]1CCCNC1. The molecule has 1 amide bonds. The van der Waals surface area contributed by atoms with Crippen LogP contribution in [0.2, 0.25) is 0 Å². The molecule has 102 valence electrons. The minimum Gasteiger partial charge on any atom is -0.480 e. The van der Waals surface area contributed by atoms with E-state index in [-0.39, 0.29) is 17.2 Å². The van der Waals surface area contributed by atoms with Gasteiger partial charge in [0.2, 0.25) is 5.91 Å². The highest BCUT2D eigenvalue weighted by Gasteiger charge is 2.42. The van der Waals surface area contributed by atoms with Gasteiger partial charge in [0.1, 0.15) is 6.04 Å². The molecule has 0 spiro atoms. The van der Waals surface area contributed by atoms with Gasteiger partial charge < -0.3 is 15.3 Å². The summed E-state index contributed by atoms with van der Waals surface area (Å²) in [5.41, 5.74) is 0. The summed E-state index contributed by atoms with van der Waals surface area (Å²) < 4.78 is 0. The number of carboxylic acids is 1. The van der Waals surface area contributed by atoms with Crippen molar-refractivity contribution in [3.8, 4) is 0 Å².